The summed E-state index contributed by atoms with van der Waals surface area (Å²) >= 11 is 0. The number of benzene rings is 2. The molecule has 0 aliphatic carbocycles. The molecule has 0 bridgehead atoms. The number of hydrogen-bond acceptors (Lipinski definition) is 3. The predicted molar refractivity (Wildman–Crippen MR) is 109 cm³/mol. The van der Waals surface area contributed by atoms with Crippen LogP contribution in [-0.2, 0) is 16.0 Å². The molecule has 2 amide bonds. The number of amides is 2. The van der Waals surface area contributed by atoms with Gasteiger partial charge >= 0.3 is 0 Å². The number of hydrogen-bond donors (Lipinski definition) is 3. The first kappa shape index (κ1) is 22.5. The Morgan fingerprint density at radius 1 is 0.931 bits per heavy atom. The van der Waals surface area contributed by atoms with Gasteiger partial charge < -0.3 is 16.0 Å². The van der Waals surface area contributed by atoms with Crippen molar-refractivity contribution >= 4 is 17.5 Å². The van der Waals surface area contributed by atoms with Crippen LogP contribution in [0.2, 0.25) is 0 Å². The van der Waals surface area contributed by atoms with Gasteiger partial charge in [-0.1, -0.05) is 45.0 Å². The largest absolute Gasteiger partial charge is 0.346 e. The number of nitrogens with one attached hydrogen (secondary N) is 3. The van der Waals surface area contributed by atoms with E-state index in [4.69, 9.17) is 0 Å². The minimum Gasteiger partial charge on any atom is -0.346 e. The van der Waals surface area contributed by atoms with Crippen molar-refractivity contribution in [1.82, 2.24) is 10.6 Å². The van der Waals surface area contributed by atoms with Gasteiger partial charge in [0, 0.05) is 17.8 Å². The van der Waals surface area contributed by atoms with Crippen LogP contribution in [0, 0.1) is 17.6 Å². The summed E-state index contributed by atoms with van der Waals surface area (Å²) in [6, 6.07) is 11.3. The van der Waals surface area contributed by atoms with Gasteiger partial charge in [0.05, 0.1) is 13.1 Å². The summed E-state index contributed by atoms with van der Waals surface area (Å²) in [7, 11) is 0. The van der Waals surface area contributed by atoms with E-state index in [0.29, 0.717) is 0 Å². The molecule has 0 aromatic heterocycles. The number of rotatable bonds is 9. The van der Waals surface area contributed by atoms with Crippen molar-refractivity contribution in [2.45, 2.75) is 33.2 Å². The summed E-state index contributed by atoms with van der Waals surface area (Å²) in [6.07, 6.45) is 0.967. The number of carbonyl (C=O) groups excluding carboxylic acids is 2. The molecule has 1 atom stereocenters. The van der Waals surface area contributed by atoms with E-state index in [1.807, 2.05) is 0 Å². The normalized spacial score (nSPS) is 11.9. The van der Waals surface area contributed by atoms with E-state index in [1.165, 1.54) is 11.6 Å². The Kier molecular flexibility index (Phi) is 8.27. The maximum absolute atomic E-state index is 13.2. The van der Waals surface area contributed by atoms with Crippen LogP contribution in [0.5, 0.6) is 0 Å². The first-order valence-electron chi connectivity index (χ1n) is 9.64. The lowest BCUT2D eigenvalue weighted by molar-refractivity contribution is -0.123. The maximum atomic E-state index is 13.2. The van der Waals surface area contributed by atoms with Crippen LogP contribution in [0.3, 0.4) is 0 Å². The Morgan fingerprint density at radius 2 is 1.62 bits per heavy atom. The third kappa shape index (κ3) is 6.94. The average molecular weight is 403 g/mol. The van der Waals surface area contributed by atoms with Gasteiger partial charge in [-0.15, -0.1) is 0 Å². The lowest BCUT2D eigenvalue weighted by Gasteiger charge is -2.23. The van der Waals surface area contributed by atoms with Gasteiger partial charge in [0.1, 0.15) is 0 Å². The lowest BCUT2D eigenvalue weighted by Crippen LogP contribution is -2.40. The molecule has 0 spiro atoms. The predicted octanol–water partition coefficient (Wildman–Crippen LogP) is 3.57. The van der Waals surface area contributed by atoms with Crippen molar-refractivity contribution in [3.05, 3.63) is 65.2 Å². The van der Waals surface area contributed by atoms with Crippen molar-refractivity contribution in [2.75, 3.05) is 18.4 Å². The summed E-state index contributed by atoms with van der Waals surface area (Å²) in [5, 5.41) is 8.14. The highest BCUT2D eigenvalue weighted by atomic mass is 19.2. The molecule has 0 radical (unpaired) electrons. The molecule has 0 aliphatic heterocycles. The van der Waals surface area contributed by atoms with Gasteiger partial charge in [-0.3, -0.25) is 9.59 Å². The molecule has 0 saturated heterocycles. The summed E-state index contributed by atoms with van der Waals surface area (Å²) < 4.78 is 26.1. The third-order valence-corrected chi connectivity index (χ3v) is 4.55. The molecule has 0 fully saturated rings. The number of halogens is 2. The molecule has 0 saturated carbocycles. The second-order valence-electron chi connectivity index (χ2n) is 7.15. The zero-order valence-corrected chi connectivity index (χ0v) is 16.9. The fourth-order valence-electron chi connectivity index (χ4n) is 2.92. The van der Waals surface area contributed by atoms with E-state index in [1.54, 1.807) is 0 Å². The minimum atomic E-state index is -1.05. The lowest BCUT2D eigenvalue weighted by atomic mass is 9.95. The maximum Gasteiger partial charge on any atom is 0.243 e. The number of anilines is 1. The van der Waals surface area contributed by atoms with Crippen molar-refractivity contribution in [1.29, 1.82) is 0 Å². The molecule has 3 N–H and O–H groups in total. The van der Waals surface area contributed by atoms with Crippen molar-refractivity contribution in [3.63, 3.8) is 0 Å². The molecule has 2 aromatic carbocycles. The van der Waals surface area contributed by atoms with Crippen LogP contribution >= 0.6 is 0 Å². The van der Waals surface area contributed by atoms with Crippen molar-refractivity contribution in [3.8, 4) is 0 Å². The van der Waals surface area contributed by atoms with Crippen LogP contribution < -0.4 is 16.0 Å². The summed E-state index contributed by atoms with van der Waals surface area (Å²) in [5.74, 6) is -2.64. The Hall–Kier alpha value is -2.80. The van der Waals surface area contributed by atoms with E-state index in [2.05, 4.69) is 61.0 Å². The molecule has 0 unspecified atom stereocenters. The van der Waals surface area contributed by atoms with E-state index < -0.39 is 17.5 Å². The minimum absolute atomic E-state index is 0.00248. The first-order chi connectivity index (χ1) is 13.8. The van der Waals surface area contributed by atoms with E-state index >= 15 is 0 Å². The van der Waals surface area contributed by atoms with Crippen molar-refractivity contribution in [2.24, 2.45) is 5.92 Å². The second-order valence-corrected chi connectivity index (χ2v) is 7.15. The zero-order valence-electron chi connectivity index (χ0n) is 16.9. The van der Waals surface area contributed by atoms with E-state index in [0.717, 1.165) is 24.1 Å². The Bertz CT molecular complexity index is 838. The van der Waals surface area contributed by atoms with Crippen LogP contribution in [0.25, 0.3) is 0 Å². The van der Waals surface area contributed by atoms with Gasteiger partial charge in [0.25, 0.3) is 0 Å². The quantitative estimate of drug-likeness (QED) is 0.600. The fourth-order valence-corrected chi connectivity index (χ4v) is 2.92. The fraction of sp³-hybridized carbons (Fsp3) is 0.364. The molecule has 0 heterocycles. The van der Waals surface area contributed by atoms with Gasteiger partial charge in [-0.05, 0) is 35.6 Å². The molecular formula is C22H27F2N3O2. The number of aryl methyl sites for hydroxylation is 1. The van der Waals surface area contributed by atoms with Crippen molar-refractivity contribution < 1.29 is 18.4 Å². The molecule has 2 aromatic rings. The van der Waals surface area contributed by atoms with E-state index in [9.17, 15) is 18.4 Å². The highest BCUT2D eigenvalue weighted by Crippen LogP contribution is 2.22. The SMILES string of the molecule is CCc1ccc([C@@H](NCC(=O)NCC(=O)Nc2ccc(F)c(F)c2)C(C)C)cc1. The molecule has 29 heavy (non-hydrogen) atoms. The Labute approximate surface area is 169 Å². The summed E-state index contributed by atoms with van der Waals surface area (Å²) in [6.45, 7) is 6.02. The average Bonchev–Trinajstić information content (AvgIpc) is 2.69. The molecule has 156 valence electrons. The van der Waals surface area contributed by atoms with Gasteiger partial charge in [0.15, 0.2) is 11.6 Å². The van der Waals surface area contributed by atoms with Gasteiger partial charge in [-0.25, -0.2) is 8.78 Å². The second kappa shape index (κ2) is 10.7. The summed E-state index contributed by atoms with van der Waals surface area (Å²) in [4.78, 5) is 24.0. The highest BCUT2D eigenvalue weighted by molar-refractivity contribution is 5.94. The summed E-state index contributed by atoms with van der Waals surface area (Å²) in [5.41, 5.74) is 2.47. The van der Waals surface area contributed by atoms with Gasteiger partial charge in [-0.2, -0.15) is 0 Å². The monoisotopic (exact) mass is 403 g/mol. The third-order valence-electron chi connectivity index (χ3n) is 4.55. The first-order valence-corrected chi connectivity index (χ1v) is 9.64. The highest BCUT2D eigenvalue weighted by Gasteiger charge is 2.17. The van der Waals surface area contributed by atoms with Gasteiger partial charge in [0.2, 0.25) is 11.8 Å². The van der Waals surface area contributed by atoms with Crippen LogP contribution in [0.1, 0.15) is 37.9 Å². The Morgan fingerprint density at radius 3 is 2.21 bits per heavy atom. The molecular weight excluding hydrogens is 376 g/mol. The standard InChI is InChI=1S/C22H27F2N3O2/c1-4-15-5-7-16(8-6-15)22(14(2)3)26-12-20(28)25-13-21(29)27-17-9-10-18(23)19(24)11-17/h5-11,14,22,26H,4,12-13H2,1-3H3,(H,25,28)(H,27,29)/t22-/m0/s1. The molecule has 0 aliphatic rings. The van der Waals surface area contributed by atoms with E-state index in [-0.39, 0.29) is 36.6 Å². The molecule has 2 rings (SSSR count). The molecule has 5 nitrogen and oxygen atoms in total. The zero-order chi connectivity index (χ0) is 21.4. The van der Waals surface area contributed by atoms with Crippen LogP contribution in [-0.4, -0.2) is 24.9 Å². The van der Waals surface area contributed by atoms with Crippen LogP contribution in [0.15, 0.2) is 42.5 Å². The number of carbonyl (C=O) groups is 2. The van der Waals surface area contributed by atoms with Crippen LogP contribution in [0.4, 0.5) is 14.5 Å². The topological polar surface area (TPSA) is 70.2 Å². The molecule has 7 heteroatoms. The Balaban J connectivity index is 1.82. The smallest absolute Gasteiger partial charge is 0.243 e.